The number of nitrogens with one attached hydrogen (secondary N) is 1. The highest BCUT2D eigenvalue weighted by Gasteiger charge is 2.63. The number of esters is 2. The van der Waals surface area contributed by atoms with Gasteiger partial charge in [-0.3, -0.25) is 19.3 Å². The summed E-state index contributed by atoms with van der Waals surface area (Å²) in [5.74, 6) is -4.42. The maximum atomic E-state index is 14.2. The molecule has 1 heterocycles. The number of carbonyl (C=O) groups is 5. The lowest BCUT2D eigenvalue weighted by molar-refractivity contribution is -0.160. The Morgan fingerprint density at radius 1 is 0.773 bits per heavy atom. The van der Waals surface area contributed by atoms with E-state index in [9.17, 15) is 24.0 Å². The number of rotatable bonds is 9. The van der Waals surface area contributed by atoms with Gasteiger partial charge in [-0.1, -0.05) is 62.4 Å². The Hall–Kier alpha value is -4.79. The van der Waals surface area contributed by atoms with E-state index in [4.69, 9.17) is 9.47 Å². The molecule has 0 saturated carbocycles. The van der Waals surface area contributed by atoms with Crippen LogP contribution >= 0.6 is 0 Å². The molecule has 1 fully saturated rings. The van der Waals surface area contributed by atoms with Crippen LogP contribution in [0.4, 0.5) is 5.69 Å². The summed E-state index contributed by atoms with van der Waals surface area (Å²) in [5, 5.41) is 2.63. The zero-order valence-corrected chi connectivity index (χ0v) is 24.8. The van der Waals surface area contributed by atoms with Crippen LogP contribution in [0, 0.1) is 17.8 Å². The maximum absolute atomic E-state index is 14.2. The molecule has 3 atom stereocenters. The monoisotopic (exact) mass is 594 g/mol. The second-order valence-corrected chi connectivity index (χ2v) is 11.9. The molecule has 3 amide bonds. The van der Waals surface area contributed by atoms with Crippen molar-refractivity contribution in [1.29, 1.82) is 0 Å². The molecule has 1 N–H and O–H groups in total. The first kappa shape index (κ1) is 29.3. The van der Waals surface area contributed by atoms with Gasteiger partial charge in [-0.2, -0.15) is 0 Å². The Kier molecular flexibility index (Phi) is 7.80. The molecule has 0 unspecified atom stereocenters. The average molecular weight is 595 g/mol. The number of carbonyl (C=O) groups excluding carboxylic acids is 5. The number of amides is 3. The van der Waals surface area contributed by atoms with E-state index < -0.39 is 42.3 Å². The third-order valence-electron chi connectivity index (χ3n) is 8.79. The molecule has 1 aliphatic heterocycles. The molecule has 9 nitrogen and oxygen atoms in total. The van der Waals surface area contributed by atoms with Crippen LogP contribution < -0.4 is 5.32 Å². The molecule has 3 aromatic rings. The SMILES string of the molecule is CCOC(=O)c1ccc(NC(=O)COC(=O)[C@@H](CC(C)C)N2C(=O)[C@@H]3C4c5ccccc5C(c5ccccc54)[C@@H]3C2=O)cc1. The van der Waals surface area contributed by atoms with Crippen molar-refractivity contribution in [2.75, 3.05) is 18.5 Å². The van der Waals surface area contributed by atoms with Gasteiger partial charge in [0, 0.05) is 17.5 Å². The van der Waals surface area contributed by atoms with Gasteiger partial charge in [0.25, 0.3) is 5.91 Å². The van der Waals surface area contributed by atoms with Gasteiger partial charge < -0.3 is 14.8 Å². The van der Waals surface area contributed by atoms with E-state index in [-0.39, 0.29) is 42.6 Å². The zero-order valence-electron chi connectivity index (χ0n) is 24.8. The van der Waals surface area contributed by atoms with Gasteiger partial charge in [0.15, 0.2) is 6.61 Å². The van der Waals surface area contributed by atoms with Crippen LogP contribution in [0.5, 0.6) is 0 Å². The summed E-state index contributed by atoms with van der Waals surface area (Å²) in [6.07, 6.45) is 0.210. The number of benzene rings is 3. The first-order chi connectivity index (χ1) is 21.2. The number of nitrogens with zero attached hydrogens (tertiary/aromatic N) is 1. The van der Waals surface area contributed by atoms with Gasteiger partial charge in [0.2, 0.25) is 11.8 Å². The molecule has 226 valence electrons. The molecule has 3 aliphatic carbocycles. The fourth-order valence-electron chi connectivity index (χ4n) is 7.10. The number of likely N-dealkylation sites (tertiary alicyclic amines) is 1. The van der Waals surface area contributed by atoms with Gasteiger partial charge in [-0.15, -0.1) is 0 Å². The number of ether oxygens (including phenoxy) is 2. The van der Waals surface area contributed by atoms with Gasteiger partial charge in [-0.25, -0.2) is 9.59 Å². The predicted octanol–water partition coefficient (Wildman–Crippen LogP) is 4.65. The predicted molar refractivity (Wildman–Crippen MR) is 161 cm³/mol. The largest absolute Gasteiger partial charge is 0.462 e. The van der Waals surface area contributed by atoms with Crippen molar-refractivity contribution in [1.82, 2.24) is 4.90 Å². The van der Waals surface area contributed by atoms with E-state index in [0.717, 1.165) is 27.2 Å². The molecule has 44 heavy (non-hydrogen) atoms. The van der Waals surface area contributed by atoms with Crippen LogP contribution in [0.1, 0.15) is 71.6 Å². The third-order valence-corrected chi connectivity index (χ3v) is 8.79. The van der Waals surface area contributed by atoms with Crippen molar-refractivity contribution in [2.24, 2.45) is 17.8 Å². The minimum atomic E-state index is -1.15. The third kappa shape index (κ3) is 4.96. The van der Waals surface area contributed by atoms with Gasteiger partial charge in [0.1, 0.15) is 6.04 Å². The summed E-state index contributed by atoms with van der Waals surface area (Å²) in [5.41, 5.74) is 4.95. The molecule has 4 aliphatic rings. The average Bonchev–Trinajstić information content (AvgIpc) is 3.28. The smallest absolute Gasteiger partial charge is 0.338 e. The number of imide groups is 1. The van der Waals surface area contributed by atoms with Crippen molar-refractivity contribution >= 4 is 35.3 Å². The Labute approximate surface area is 255 Å². The van der Waals surface area contributed by atoms with Crippen LogP contribution in [0.25, 0.3) is 0 Å². The first-order valence-electron chi connectivity index (χ1n) is 15.0. The molecule has 0 spiro atoms. The van der Waals surface area contributed by atoms with Crippen LogP contribution in [-0.2, 0) is 28.7 Å². The van der Waals surface area contributed by atoms with E-state index in [0.29, 0.717) is 11.3 Å². The highest BCUT2D eigenvalue weighted by atomic mass is 16.5. The summed E-state index contributed by atoms with van der Waals surface area (Å²) < 4.78 is 10.4. The van der Waals surface area contributed by atoms with Crippen LogP contribution in [0.2, 0.25) is 0 Å². The van der Waals surface area contributed by atoms with E-state index in [2.05, 4.69) is 5.32 Å². The van der Waals surface area contributed by atoms with Crippen molar-refractivity contribution in [3.8, 4) is 0 Å². The minimum Gasteiger partial charge on any atom is -0.462 e. The molecule has 0 radical (unpaired) electrons. The molecule has 0 aromatic heterocycles. The Morgan fingerprint density at radius 2 is 1.27 bits per heavy atom. The van der Waals surface area contributed by atoms with Crippen LogP contribution in [-0.4, -0.2) is 53.8 Å². The highest BCUT2D eigenvalue weighted by Crippen LogP contribution is 2.61. The fourth-order valence-corrected chi connectivity index (χ4v) is 7.10. The number of hydrogen-bond donors (Lipinski definition) is 1. The molecule has 2 bridgehead atoms. The summed E-state index contributed by atoms with van der Waals surface area (Å²) in [6.45, 7) is 5.17. The lowest BCUT2D eigenvalue weighted by Gasteiger charge is -2.45. The fraction of sp³-hybridized carbons (Fsp3) is 0.343. The van der Waals surface area contributed by atoms with Crippen LogP contribution in [0.15, 0.2) is 72.8 Å². The summed E-state index contributed by atoms with van der Waals surface area (Å²) in [4.78, 5) is 67.5. The normalized spacial score (nSPS) is 21.8. The molecular formula is C35H34N2O7. The van der Waals surface area contributed by atoms with E-state index >= 15 is 0 Å². The zero-order chi connectivity index (χ0) is 31.1. The quantitative estimate of drug-likeness (QED) is 0.283. The van der Waals surface area contributed by atoms with Gasteiger partial charge in [-0.05, 0) is 65.8 Å². The maximum Gasteiger partial charge on any atom is 0.338 e. The molecule has 1 saturated heterocycles. The van der Waals surface area contributed by atoms with E-state index in [1.165, 1.54) is 12.1 Å². The van der Waals surface area contributed by atoms with Gasteiger partial charge >= 0.3 is 11.9 Å². The Morgan fingerprint density at radius 3 is 1.73 bits per heavy atom. The van der Waals surface area contributed by atoms with Crippen molar-refractivity contribution in [2.45, 2.75) is 45.1 Å². The first-order valence-corrected chi connectivity index (χ1v) is 15.0. The topological polar surface area (TPSA) is 119 Å². The highest BCUT2D eigenvalue weighted by molar-refractivity contribution is 6.10. The Bertz CT molecular complexity index is 1530. The lowest BCUT2D eigenvalue weighted by Crippen LogP contribution is -2.47. The molecule has 3 aromatic carbocycles. The van der Waals surface area contributed by atoms with Crippen LogP contribution in [0.3, 0.4) is 0 Å². The van der Waals surface area contributed by atoms with Crippen molar-refractivity contribution in [3.05, 3.63) is 101 Å². The summed E-state index contributed by atoms with van der Waals surface area (Å²) in [7, 11) is 0. The second kappa shape index (κ2) is 11.7. The summed E-state index contributed by atoms with van der Waals surface area (Å²) >= 11 is 0. The van der Waals surface area contributed by atoms with E-state index in [1.807, 2.05) is 62.4 Å². The van der Waals surface area contributed by atoms with E-state index in [1.54, 1.807) is 19.1 Å². The molecule has 7 rings (SSSR count). The number of hydrogen-bond acceptors (Lipinski definition) is 7. The van der Waals surface area contributed by atoms with Crippen molar-refractivity contribution in [3.63, 3.8) is 0 Å². The minimum absolute atomic E-state index is 0.0337. The summed E-state index contributed by atoms with van der Waals surface area (Å²) in [6, 6.07) is 20.9. The van der Waals surface area contributed by atoms with Crippen molar-refractivity contribution < 1.29 is 33.4 Å². The lowest BCUT2D eigenvalue weighted by atomic mass is 9.55. The molecular weight excluding hydrogens is 560 g/mol. The standard InChI is InChI=1S/C35H34N2O7/c1-4-43-34(41)20-13-15-21(16-14-20)36-27(38)18-44-35(42)26(17-19(2)3)37-32(39)30-28-22-9-5-6-10-23(22)29(31(30)33(37)40)25-12-8-7-11-24(25)28/h5-16,19,26,28-31H,4,17-18H2,1-3H3,(H,36,38)/t26-,28?,29?,30-,31+/m1/s1. The second-order valence-electron chi connectivity index (χ2n) is 11.9. The Balaban J connectivity index is 1.20. The number of anilines is 1. The molecule has 9 heteroatoms. The van der Waals surface area contributed by atoms with Gasteiger partial charge in [0.05, 0.1) is 24.0 Å².